The molecule has 2 heteroatoms. The van der Waals surface area contributed by atoms with Crippen LogP contribution in [0.15, 0.2) is 35.6 Å². The number of nitrogens with one attached hydrogen (secondary N) is 1. The van der Waals surface area contributed by atoms with Crippen LogP contribution in [-0.4, -0.2) is 6.54 Å². The summed E-state index contributed by atoms with van der Waals surface area (Å²) in [5.41, 5.74) is 3.31. The Morgan fingerprint density at radius 2 is 2.15 bits per heavy atom. The second-order valence-electron chi connectivity index (χ2n) is 6.43. The van der Waals surface area contributed by atoms with Gasteiger partial charge in [0, 0.05) is 12.2 Å². The van der Waals surface area contributed by atoms with Crippen molar-refractivity contribution in [1.82, 2.24) is 5.32 Å². The molecule has 20 heavy (non-hydrogen) atoms. The zero-order valence-electron chi connectivity index (χ0n) is 13.3. The summed E-state index contributed by atoms with van der Waals surface area (Å²) in [6.45, 7) is 11.5. The average Bonchev–Trinajstić information content (AvgIpc) is 2.38. The largest absolute Gasteiger partial charge is 0.388 e. The monoisotopic (exact) mass is 272 g/mol. The van der Waals surface area contributed by atoms with E-state index in [1.807, 2.05) is 0 Å². The molecule has 0 saturated heterocycles. The van der Waals surface area contributed by atoms with E-state index in [0.717, 1.165) is 25.0 Å². The highest BCUT2D eigenvalue weighted by Crippen LogP contribution is 2.38. The quantitative estimate of drug-likeness (QED) is 0.530. The molecule has 1 aliphatic carbocycles. The van der Waals surface area contributed by atoms with Gasteiger partial charge in [0.05, 0.1) is 11.6 Å². The van der Waals surface area contributed by atoms with Crippen LogP contribution >= 0.6 is 0 Å². The third-order valence-electron chi connectivity index (χ3n) is 3.74. The Morgan fingerprint density at radius 3 is 2.75 bits per heavy atom. The molecule has 0 radical (unpaired) electrons. The van der Waals surface area contributed by atoms with Crippen LogP contribution in [0.2, 0.25) is 0 Å². The van der Waals surface area contributed by atoms with Crippen LogP contribution < -0.4 is 5.32 Å². The predicted octanol–water partition coefficient (Wildman–Crippen LogP) is 4.87. The van der Waals surface area contributed by atoms with Crippen molar-refractivity contribution in [2.75, 3.05) is 6.54 Å². The van der Waals surface area contributed by atoms with E-state index in [4.69, 9.17) is 0 Å². The highest BCUT2D eigenvalue weighted by molar-refractivity contribution is 5.44. The van der Waals surface area contributed by atoms with Crippen molar-refractivity contribution >= 4 is 0 Å². The van der Waals surface area contributed by atoms with Crippen LogP contribution in [0.4, 0.5) is 0 Å². The van der Waals surface area contributed by atoms with Crippen molar-refractivity contribution in [3.63, 3.8) is 0 Å². The molecule has 0 unspecified atom stereocenters. The van der Waals surface area contributed by atoms with Crippen LogP contribution in [-0.2, 0) is 0 Å². The van der Waals surface area contributed by atoms with E-state index in [0.29, 0.717) is 5.57 Å². The van der Waals surface area contributed by atoms with Gasteiger partial charge >= 0.3 is 0 Å². The fourth-order valence-corrected chi connectivity index (χ4v) is 2.74. The number of nitriles is 1. The molecular weight excluding hydrogens is 244 g/mol. The summed E-state index contributed by atoms with van der Waals surface area (Å²) in [4.78, 5) is 0. The summed E-state index contributed by atoms with van der Waals surface area (Å²) in [5, 5.41) is 12.7. The van der Waals surface area contributed by atoms with Gasteiger partial charge in [0.2, 0.25) is 0 Å². The van der Waals surface area contributed by atoms with Gasteiger partial charge < -0.3 is 5.32 Å². The maximum absolute atomic E-state index is 9.18. The lowest BCUT2D eigenvalue weighted by molar-refractivity contribution is 0.340. The maximum atomic E-state index is 9.18. The highest BCUT2D eigenvalue weighted by atomic mass is 14.9. The SMILES string of the molecule is C=C/C(C#N)=C1\C=C(NCCCCCC)CC(C)(C)C1. The van der Waals surface area contributed by atoms with Crippen molar-refractivity contribution in [1.29, 1.82) is 5.26 Å². The molecule has 0 saturated carbocycles. The minimum atomic E-state index is 0.209. The van der Waals surface area contributed by atoms with Gasteiger partial charge in [-0.2, -0.15) is 5.26 Å². The summed E-state index contributed by atoms with van der Waals surface area (Å²) in [5.74, 6) is 0. The number of unbranched alkanes of at least 4 members (excludes halogenated alkanes) is 3. The topological polar surface area (TPSA) is 35.8 Å². The van der Waals surface area contributed by atoms with Crippen molar-refractivity contribution in [3.8, 4) is 6.07 Å². The molecule has 0 bridgehead atoms. The van der Waals surface area contributed by atoms with Gasteiger partial charge in [0.25, 0.3) is 0 Å². The van der Waals surface area contributed by atoms with Gasteiger partial charge in [-0.25, -0.2) is 0 Å². The Bertz CT molecular complexity index is 433. The van der Waals surface area contributed by atoms with E-state index in [9.17, 15) is 5.26 Å². The van der Waals surface area contributed by atoms with Gasteiger partial charge in [-0.15, -0.1) is 0 Å². The molecule has 0 aromatic carbocycles. The van der Waals surface area contributed by atoms with E-state index in [1.54, 1.807) is 6.08 Å². The lowest BCUT2D eigenvalue weighted by atomic mass is 9.76. The first kappa shape index (κ1) is 16.6. The van der Waals surface area contributed by atoms with Crippen LogP contribution in [0.5, 0.6) is 0 Å². The van der Waals surface area contributed by atoms with Crippen molar-refractivity contribution < 1.29 is 0 Å². The fraction of sp³-hybridized carbons (Fsp3) is 0.611. The Balaban J connectivity index is 2.71. The van der Waals surface area contributed by atoms with Gasteiger partial charge in [-0.3, -0.25) is 0 Å². The van der Waals surface area contributed by atoms with Crippen LogP contribution in [0.3, 0.4) is 0 Å². The van der Waals surface area contributed by atoms with Crippen molar-refractivity contribution in [2.24, 2.45) is 5.41 Å². The van der Waals surface area contributed by atoms with E-state index in [2.05, 4.69) is 44.8 Å². The van der Waals surface area contributed by atoms with Gasteiger partial charge in [-0.05, 0) is 36.3 Å². The minimum absolute atomic E-state index is 0.209. The average molecular weight is 272 g/mol. The second-order valence-corrected chi connectivity index (χ2v) is 6.43. The minimum Gasteiger partial charge on any atom is -0.388 e. The lowest BCUT2D eigenvalue weighted by Gasteiger charge is -2.32. The molecule has 2 nitrogen and oxygen atoms in total. The fourth-order valence-electron chi connectivity index (χ4n) is 2.74. The number of hydrogen-bond acceptors (Lipinski definition) is 2. The number of allylic oxidation sites excluding steroid dienone is 5. The van der Waals surface area contributed by atoms with Crippen molar-refractivity contribution in [2.45, 2.75) is 59.3 Å². The van der Waals surface area contributed by atoms with E-state index in [-0.39, 0.29) is 5.41 Å². The first-order valence-electron chi connectivity index (χ1n) is 7.72. The van der Waals surface area contributed by atoms with E-state index in [1.165, 1.54) is 31.4 Å². The van der Waals surface area contributed by atoms with E-state index < -0.39 is 0 Å². The molecule has 0 spiro atoms. The summed E-state index contributed by atoms with van der Waals surface area (Å²) >= 11 is 0. The summed E-state index contributed by atoms with van der Waals surface area (Å²) in [6, 6.07) is 2.25. The van der Waals surface area contributed by atoms with Crippen LogP contribution in [0, 0.1) is 16.7 Å². The summed E-state index contributed by atoms with van der Waals surface area (Å²) in [6.07, 6.45) is 10.9. The molecule has 1 aliphatic rings. The highest BCUT2D eigenvalue weighted by Gasteiger charge is 2.26. The molecule has 1 N–H and O–H groups in total. The molecule has 1 rings (SSSR count). The Hall–Kier alpha value is -1.49. The smallest absolute Gasteiger partial charge is 0.0994 e. The van der Waals surface area contributed by atoms with Crippen LogP contribution in [0.25, 0.3) is 0 Å². The molecule has 110 valence electrons. The molecule has 0 aromatic rings. The molecule has 0 aromatic heterocycles. The van der Waals surface area contributed by atoms with Crippen LogP contribution in [0.1, 0.15) is 59.3 Å². The molecule has 0 atom stereocenters. The number of nitrogens with zero attached hydrogens (tertiary/aromatic N) is 1. The van der Waals surface area contributed by atoms with Gasteiger partial charge in [0.15, 0.2) is 0 Å². The Labute approximate surface area is 124 Å². The van der Waals surface area contributed by atoms with E-state index >= 15 is 0 Å². The molecule has 0 aliphatic heterocycles. The van der Waals surface area contributed by atoms with Gasteiger partial charge in [-0.1, -0.05) is 52.7 Å². The Morgan fingerprint density at radius 1 is 1.40 bits per heavy atom. The first-order valence-corrected chi connectivity index (χ1v) is 7.72. The maximum Gasteiger partial charge on any atom is 0.0994 e. The molecule has 0 heterocycles. The predicted molar refractivity (Wildman–Crippen MR) is 86.1 cm³/mol. The number of rotatable bonds is 7. The Kier molecular flexibility index (Phi) is 6.58. The van der Waals surface area contributed by atoms with Crippen molar-refractivity contribution in [3.05, 3.63) is 35.6 Å². The lowest BCUT2D eigenvalue weighted by Crippen LogP contribution is -2.25. The number of hydrogen-bond donors (Lipinski definition) is 1. The molecule has 0 amide bonds. The normalized spacial score (nSPS) is 19.8. The molecule has 0 fully saturated rings. The third kappa shape index (κ3) is 5.25. The zero-order chi connectivity index (χ0) is 15.0. The third-order valence-corrected chi connectivity index (χ3v) is 3.74. The molecular formula is C18H28N2. The second kappa shape index (κ2) is 7.94. The standard InChI is InChI=1S/C18H28N2/c1-5-7-8-9-10-20-17-11-16(15(6-2)14-19)12-18(3,4)13-17/h6,11,20H,2,5,7-10,12-13H2,1,3-4H3/b16-15-. The zero-order valence-corrected chi connectivity index (χ0v) is 13.3. The summed E-state index contributed by atoms with van der Waals surface area (Å²) in [7, 11) is 0. The first-order chi connectivity index (χ1) is 9.52. The summed E-state index contributed by atoms with van der Waals surface area (Å²) < 4.78 is 0. The van der Waals surface area contributed by atoms with Gasteiger partial charge in [0.1, 0.15) is 0 Å².